The molecule has 5 rings (SSSR count). The van der Waals surface area contributed by atoms with E-state index in [1.54, 1.807) is 0 Å². The second kappa shape index (κ2) is 5.85. The lowest BCUT2D eigenvalue weighted by Crippen LogP contribution is -2.51. The molecule has 4 aromatic rings. The first-order valence-corrected chi connectivity index (χ1v) is 12.9. The zero-order chi connectivity index (χ0) is 23.3. The Balaban J connectivity index is 2.22. The first kappa shape index (κ1) is 15.5. The summed E-state index contributed by atoms with van der Waals surface area (Å²) in [6.07, 6.45) is 0. The van der Waals surface area contributed by atoms with Crippen LogP contribution in [0.4, 0.5) is 0 Å². The summed E-state index contributed by atoms with van der Waals surface area (Å²) in [5.74, 6) is 1.04. The molecule has 0 N–H and O–H groups in total. The molecule has 1 atom stereocenters. The van der Waals surface area contributed by atoms with Gasteiger partial charge in [0.2, 0.25) is 5.52 Å². The molecule has 0 saturated carbocycles. The lowest BCUT2D eigenvalue weighted by molar-refractivity contribution is -0.586. The molecule has 2 aromatic heterocycles. The maximum Gasteiger partial charge on any atom is 0.285 e. The van der Waals surface area contributed by atoms with Crippen molar-refractivity contribution in [3.63, 3.8) is 0 Å². The SMILES string of the molecule is [2H]C([2H])([2H])[Si]1(C)Oc2ccc(C)c3c4cccc(C(C)C)c4[n+]4c(c1c(C)n4C(C)C)c23. The summed E-state index contributed by atoms with van der Waals surface area (Å²) in [5, 5.41) is 4.32. The molecular formula is C25H31N2OSi+. The van der Waals surface area contributed by atoms with Crippen LogP contribution in [0.25, 0.3) is 27.2 Å². The van der Waals surface area contributed by atoms with Crippen molar-refractivity contribution in [2.45, 2.75) is 66.5 Å². The Hall–Kier alpha value is -2.33. The second-order valence-corrected chi connectivity index (χ2v) is 12.0. The van der Waals surface area contributed by atoms with E-state index in [0.29, 0.717) is 11.7 Å². The van der Waals surface area contributed by atoms with E-state index in [4.69, 9.17) is 8.54 Å². The van der Waals surface area contributed by atoms with Crippen molar-refractivity contribution in [3.05, 3.63) is 47.2 Å². The Kier molecular flexibility index (Phi) is 3.13. The minimum Gasteiger partial charge on any atom is -0.539 e. The standard InChI is InChI=1S/C25H31N2OSi/c1-14(2)18-10-9-11-19-21-16(5)12-13-20-22(21)24-25(29(7,8)28-20)17(6)26(15(3)4)27(24)23(18)19/h9-15H,1-8H3/q+1/i7D3. The van der Waals surface area contributed by atoms with Crippen molar-refractivity contribution in [1.29, 1.82) is 0 Å². The van der Waals surface area contributed by atoms with Gasteiger partial charge in [0.1, 0.15) is 5.75 Å². The molecule has 1 aliphatic rings. The summed E-state index contributed by atoms with van der Waals surface area (Å²) >= 11 is 0. The fraction of sp³-hybridized carbons (Fsp3) is 0.400. The maximum absolute atomic E-state index is 8.50. The van der Waals surface area contributed by atoms with Gasteiger partial charge in [-0.05, 0) is 64.3 Å². The Bertz CT molecular complexity index is 1440. The van der Waals surface area contributed by atoms with Crippen molar-refractivity contribution >= 4 is 40.7 Å². The van der Waals surface area contributed by atoms with Gasteiger partial charge >= 0.3 is 0 Å². The number of rotatable bonds is 2. The van der Waals surface area contributed by atoms with Crippen LogP contribution in [0.3, 0.4) is 0 Å². The number of aryl methyl sites for hydroxylation is 1. The molecule has 0 amide bonds. The van der Waals surface area contributed by atoms with E-state index >= 15 is 0 Å². The van der Waals surface area contributed by atoms with E-state index in [9.17, 15) is 0 Å². The predicted molar refractivity (Wildman–Crippen MR) is 124 cm³/mol. The van der Waals surface area contributed by atoms with Crippen molar-refractivity contribution in [2.75, 3.05) is 0 Å². The van der Waals surface area contributed by atoms with Crippen LogP contribution in [0.15, 0.2) is 30.3 Å². The quantitative estimate of drug-likeness (QED) is 0.239. The number of pyridine rings is 1. The Morgan fingerprint density at radius 2 is 1.79 bits per heavy atom. The number of hydrogen-bond donors (Lipinski definition) is 0. The van der Waals surface area contributed by atoms with Crippen LogP contribution in [0.2, 0.25) is 13.0 Å². The van der Waals surface area contributed by atoms with Crippen LogP contribution in [0, 0.1) is 13.8 Å². The molecular weight excluding hydrogens is 372 g/mol. The van der Waals surface area contributed by atoms with Gasteiger partial charge in [-0.3, -0.25) is 0 Å². The Labute approximate surface area is 178 Å². The fourth-order valence-corrected chi connectivity index (χ4v) is 7.58. The molecule has 0 saturated heterocycles. The van der Waals surface area contributed by atoms with Gasteiger partial charge in [0.05, 0.1) is 27.7 Å². The molecule has 0 fully saturated rings. The average Bonchev–Trinajstić information content (AvgIpc) is 3.01. The highest BCUT2D eigenvalue weighted by Gasteiger charge is 2.45. The molecule has 1 aliphatic heterocycles. The topological polar surface area (TPSA) is 18.3 Å². The highest BCUT2D eigenvalue weighted by atomic mass is 28.4. The zero-order valence-corrected chi connectivity index (χ0v) is 19.3. The van der Waals surface area contributed by atoms with E-state index < -0.39 is 14.8 Å². The molecule has 0 radical (unpaired) electrons. The lowest BCUT2D eigenvalue weighted by atomic mass is 9.94. The van der Waals surface area contributed by atoms with E-state index in [1.165, 1.54) is 27.4 Å². The van der Waals surface area contributed by atoms with Crippen LogP contribution in [-0.4, -0.2) is 13.0 Å². The minimum atomic E-state index is -3.32. The normalized spacial score (nSPS) is 20.7. The van der Waals surface area contributed by atoms with Crippen LogP contribution in [0.5, 0.6) is 5.75 Å². The van der Waals surface area contributed by atoms with Crippen LogP contribution in [0.1, 0.15) is 60.6 Å². The predicted octanol–water partition coefficient (Wildman–Crippen LogP) is 5.66. The van der Waals surface area contributed by atoms with E-state index in [0.717, 1.165) is 21.8 Å². The highest BCUT2D eigenvalue weighted by Crippen LogP contribution is 2.41. The molecule has 0 aliphatic carbocycles. The van der Waals surface area contributed by atoms with Gasteiger partial charge < -0.3 is 4.43 Å². The minimum absolute atomic E-state index is 0.165. The maximum atomic E-state index is 8.50. The third-order valence-corrected chi connectivity index (χ3v) is 8.61. The molecule has 3 nitrogen and oxygen atoms in total. The van der Waals surface area contributed by atoms with Gasteiger partial charge in [-0.2, -0.15) is 0 Å². The molecule has 29 heavy (non-hydrogen) atoms. The number of aromatic nitrogens is 2. The molecule has 3 heterocycles. The average molecular weight is 407 g/mol. The summed E-state index contributed by atoms with van der Waals surface area (Å²) in [6, 6.07) is 10.7. The first-order valence-electron chi connectivity index (χ1n) is 12.0. The van der Waals surface area contributed by atoms with Crippen molar-refractivity contribution < 1.29 is 13.1 Å². The van der Waals surface area contributed by atoms with Crippen molar-refractivity contribution in [1.82, 2.24) is 4.68 Å². The number of para-hydroxylation sites is 1. The number of benzene rings is 2. The highest BCUT2D eigenvalue weighted by molar-refractivity contribution is 6.87. The number of nitrogens with zero attached hydrogens (tertiary/aromatic N) is 2. The second-order valence-electron chi connectivity index (χ2n) is 9.22. The first-order chi connectivity index (χ1) is 14.9. The van der Waals surface area contributed by atoms with Gasteiger partial charge in [0.15, 0.2) is 0 Å². The summed E-state index contributed by atoms with van der Waals surface area (Å²) in [5.41, 5.74) is 5.67. The van der Waals surface area contributed by atoms with Crippen LogP contribution >= 0.6 is 0 Å². The third-order valence-electron chi connectivity index (χ3n) is 6.43. The molecule has 2 aromatic carbocycles. The molecule has 0 bridgehead atoms. The largest absolute Gasteiger partial charge is 0.539 e. The molecule has 1 unspecified atom stereocenters. The van der Waals surface area contributed by atoms with Crippen molar-refractivity contribution in [2.24, 2.45) is 0 Å². The van der Waals surface area contributed by atoms with Crippen molar-refractivity contribution in [3.8, 4) is 5.75 Å². The third kappa shape index (κ3) is 2.27. The lowest BCUT2D eigenvalue weighted by Gasteiger charge is -2.28. The van der Waals surface area contributed by atoms with Gasteiger partial charge in [-0.1, -0.05) is 36.6 Å². The van der Waals surface area contributed by atoms with E-state index in [1.807, 2.05) is 12.6 Å². The molecule has 150 valence electrons. The fourth-order valence-electron chi connectivity index (χ4n) is 5.38. The van der Waals surface area contributed by atoms with Crippen LogP contribution < -0.4 is 14.1 Å². The Morgan fingerprint density at radius 1 is 1.03 bits per heavy atom. The smallest absolute Gasteiger partial charge is 0.285 e. The van der Waals surface area contributed by atoms with E-state index in [2.05, 4.69) is 75.0 Å². The zero-order valence-electron chi connectivity index (χ0n) is 21.3. The molecule has 4 heteroatoms. The number of hydrogen-bond acceptors (Lipinski definition) is 1. The van der Waals surface area contributed by atoms with Gasteiger partial charge in [0.25, 0.3) is 13.8 Å². The number of fused-ring (bicyclic) bond motifs is 3. The summed E-state index contributed by atoms with van der Waals surface area (Å²) in [6.45, 7) is 12.7. The monoisotopic (exact) mass is 406 g/mol. The van der Waals surface area contributed by atoms with E-state index in [-0.39, 0.29) is 6.04 Å². The summed E-state index contributed by atoms with van der Waals surface area (Å²) in [4.78, 5) is 0. The summed E-state index contributed by atoms with van der Waals surface area (Å²) in [7, 11) is -3.32. The Morgan fingerprint density at radius 3 is 2.45 bits per heavy atom. The van der Waals surface area contributed by atoms with Gasteiger partial charge in [-0.15, -0.1) is 4.68 Å². The van der Waals surface area contributed by atoms with Crippen LogP contribution in [-0.2, 0) is 0 Å². The molecule has 0 spiro atoms. The summed E-state index contributed by atoms with van der Waals surface area (Å²) < 4.78 is 36.7. The van der Waals surface area contributed by atoms with Gasteiger partial charge in [-0.25, -0.2) is 0 Å². The van der Waals surface area contributed by atoms with Gasteiger partial charge in [0, 0.05) is 15.1 Å².